The largest absolute Gasteiger partial charge is 0.468 e. The second-order valence-corrected chi connectivity index (χ2v) is 4.77. The number of thioether (sulfide) groups is 1. The summed E-state index contributed by atoms with van der Waals surface area (Å²) in [4.78, 5) is 22.4. The first-order valence-electron chi connectivity index (χ1n) is 5.52. The summed E-state index contributed by atoms with van der Waals surface area (Å²) in [5, 5.41) is 2.43. The quantitative estimate of drug-likeness (QED) is 0.472. The van der Waals surface area contributed by atoms with Gasteiger partial charge in [0.1, 0.15) is 5.82 Å². The predicted molar refractivity (Wildman–Crippen MR) is 73.4 cm³/mol. The van der Waals surface area contributed by atoms with Crippen molar-refractivity contribution in [3.8, 4) is 0 Å². The van der Waals surface area contributed by atoms with E-state index in [9.17, 15) is 14.0 Å². The van der Waals surface area contributed by atoms with Gasteiger partial charge in [0.2, 0.25) is 5.91 Å². The highest BCUT2D eigenvalue weighted by atomic mass is 32.2. The molecule has 0 spiro atoms. The summed E-state index contributed by atoms with van der Waals surface area (Å²) in [6, 6.07) is 3.96. The third-order valence-electron chi connectivity index (χ3n) is 2.19. The Balaban J connectivity index is 2.35. The number of amides is 1. The standard InChI is InChI=1S/C12H15FN2O3S/c1-18-12(17)7-19-5-4-11(16)15-10-6-8(14)2-3-9(10)13/h2-3,6H,4-5,7,14H2,1H3,(H,15,16). The lowest BCUT2D eigenvalue weighted by molar-refractivity contribution is -0.137. The van der Waals surface area contributed by atoms with Crippen LogP contribution in [0.4, 0.5) is 15.8 Å². The van der Waals surface area contributed by atoms with Gasteiger partial charge in [-0.3, -0.25) is 9.59 Å². The van der Waals surface area contributed by atoms with Gasteiger partial charge in [0.05, 0.1) is 18.6 Å². The summed E-state index contributed by atoms with van der Waals surface area (Å²) in [5.74, 6) is -0.569. The van der Waals surface area contributed by atoms with Gasteiger partial charge in [-0.1, -0.05) is 0 Å². The van der Waals surface area contributed by atoms with Crippen LogP contribution in [-0.4, -0.2) is 30.5 Å². The molecule has 0 aromatic heterocycles. The topological polar surface area (TPSA) is 81.4 Å². The van der Waals surface area contributed by atoms with Crippen molar-refractivity contribution >= 4 is 35.0 Å². The van der Waals surface area contributed by atoms with Gasteiger partial charge in [-0.05, 0) is 18.2 Å². The number of halogens is 1. The molecule has 0 aliphatic carbocycles. The van der Waals surface area contributed by atoms with Crippen molar-refractivity contribution in [1.29, 1.82) is 0 Å². The lowest BCUT2D eigenvalue weighted by atomic mass is 10.2. The van der Waals surface area contributed by atoms with Crippen LogP contribution in [0.1, 0.15) is 6.42 Å². The molecule has 1 amide bonds. The molecule has 19 heavy (non-hydrogen) atoms. The Hall–Kier alpha value is -1.76. The van der Waals surface area contributed by atoms with Crippen LogP contribution < -0.4 is 11.1 Å². The van der Waals surface area contributed by atoms with E-state index >= 15 is 0 Å². The molecule has 0 heterocycles. The smallest absolute Gasteiger partial charge is 0.315 e. The Kier molecular flexibility index (Phi) is 6.14. The molecule has 1 rings (SSSR count). The maximum Gasteiger partial charge on any atom is 0.315 e. The van der Waals surface area contributed by atoms with E-state index in [1.165, 1.54) is 37.1 Å². The normalized spacial score (nSPS) is 10.0. The van der Waals surface area contributed by atoms with Crippen LogP contribution in [0.3, 0.4) is 0 Å². The monoisotopic (exact) mass is 286 g/mol. The summed E-state index contributed by atoms with van der Waals surface area (Å²) in [7, 11) is 1.30. The molecule has 0 saturated carbocycles. The van der Waals surface area contributed by atoms with E-state index in [1.54, 1.807) is 0 Å². The number of nitrogens with two attached hydrogens (primary N) is 1. The van der Waals surface area contributed by atoms with Gasteiger partial charge in [-0.15, -0.1) is 11.8 Å². The SMILES string of the molecule is COC(=O)CSCCC(=O)Nc1cc(N)ccc1F. The van der Waals surface area contributed by atoms with Gasteiger partial charge in [0.15, 0.2) is 0 Å². The average Bonchev–Trinajstić information content (AvgIpc) is 2.38. The zero-order valence-electron chi connectivity index (χ0n) is 10.4. The lowest BCUT2D eigenvalue weighted by Gasteiger charge is -2.07. The number of nitrogens with one attached hydrogen (secondary N) is 1. The Morgan fingerprint density at radius 2 is 2.21 bits per heavy atom. The molecule has 0 saturated heterocycles. The van der Waals surface area contributed by atoms with Gasteiger partial charge in [-0.25, -0.2) is 4.39 Å². The van der Waals surface area contributed by atoms with Gasteiger partial charge in [0, 0.05) is 17.9 Å². The first-order chi connectivity index (χ1) is 9.02. The molecule has 0 fully saturated rings. The van der Waals surface area contributed by atoms with E-state index in [0.717, 1.165) is 0 Å². The Labute approximate surface area is 114 Å². The van der Waals surface area contributed by atoms with Crippen LogP contribution in [0, 0.1) is 5.82 Å². The van der Waals surface area contributed by atoms with E-state index in [-0.39, 0.29) is 29.7 Å². The van der Waals surface area contributed by atoms with Gasteiger partial charge in [0.25, 0.3) is 0 Å². The number of ether oxygens (including phenoxy) is 1. The molecular weight excluding hydrogens is 271 g/mol. The number of hydrogen-bond donors (Lipinski definition) is 2. The number of esters is 1. The number of benzene rings is 1. The molecule has 0 aliphatic rings. The van der Waals surface area contributed by atoms with Crippen molar-refractivity contribution in [2.75, 3.05) is 29.7 Å². The van der Waals surface area contributed by atoms with Crippen molar-refractivity contribution in [3.05, 3.63) is 24.0 Å². The highest BCUT2D eigenvalue weighted by Gasteiger charge is 2.08. The summed E-state index contributed by atoms with van der Waals surface area (Å²) in [6.45, 7) is 0. The van der Waals surface area contributed by atoms with Crippen molar-refractivity contribution in [2.24, 2.45) is 0 Å². The Morgan fingerprint density at radius 1 is 1.47 bits per heavy atom. The number of nitrogen functional groups attached to an aromatic ring is 1. The summed E-state index contributed by atoms with van der Waals surface area (Å²) >= 11 is 1.28. The number of anilines is 2. The molecule has 5 nitrogen and oxygen atoms in total. The highest BCUT2D eigenvalue weighted by Crippen LogP contribution is 2.17. The van der Waals surface area contributed by atoms with Crippen molar-refractivity contribution in [1.82, 2.24) is 0 Å². The molecule has 0 atom stereocenters. The van der Waals surface area contributed by atoms with Crippen molar-refractivity contribution in [3.63, 3.8) is 0 Å². The minimum absolute atomic E-state index is 0.0583. The fourth-order valence-corrected chi connectivity index (χ4v) is 1.99. The van der Waals surface area contributed by atoms with Gasteiger partial charge in [-0.2, -0.15) is 0 Å². The number of methoxy groups -OCH3 is 1. The fourth-order valence-electron chi connectivity index (χ4n) is 1.23. The van der Waals surface area contributed by atoms with Crippen LogP contribution in [-0.2, 0) is 14.3 Å². The minimum Gasteiger partial charge on any atom is -0.468 e. The van der Waals surface area contributed by atoms with Crippen molar-refractivity contribution in [2.45, 2.75) is 6.42 Å². The minimum atomic E-state index is -0.537. The molecule has 0 aliphatic heterocycles. The first kappa shape index (κ1) is 15.3. The summed E-state index contributed by atoms with van der Waals surface area (Å²) in [5.41, 5.74) is 5.93. The van der Waals surface area contributed by atoms with E-state index in [4.69, 9.17) is 5.73 Å². The van der Waals surface area contributed by atoms with Crippen LogP contribution in [0.2, 0.25) is 0 Å². The maximum absolute atomic E-state index is 13.3. The second kappa shape index (κ2) is 7.63. The zero-order valence-corrected chi connectivity index (χ0v) is 11.3. The van der Waals surface area contributed by atoms with Crippen LogP contribution in [0.25, 0.3) is 0 Å². The number of rotatable bonds is 6. The van der Waals surface area contributed by atoms with E-state index in [0.29, 0.717) is 11.4 Å². The molecule has 3 N–H and O–H groups in total. The maximum atomic E-state index is 13.3. The number of hydrogen-bond acceptors (Lipinski definition) is 5. The molecule has 104 valence electrons. The molecule has 1 aromatic rings. The molecule has 0 bridgehead atoms. The third-order valence-corrected chi connectivity index (χ3v) is 3.12. The average molecular weight is 286 g/mol. The highest BCUT2D eigenvalue weighted by molar-refractivity contribution is 7.99. The molecule has 1 aromatic carbocycles. The van der Waals surface area contributed by atoms with Crippen LogP contribution in [0.5, 0.6) is 0 Å². The number of carbonyl (C=O) groups excluding carboxylic acids is 2. The predicted octanol–water partition coefficient (Wildman–Crippen LogP) is 1.64. The van der Waals surface area contributed by atoms with Crippen LogP contribution >= 0.6 is 11.8 Å². The van der Waals surface area contributed by atoms with Gasteiger partial charge < -0.3 is 15.8 Å². The fraction of sp³-hybridized carbons (Fsp3) is 0.333. The third kappa shape index (κ3) is 5.60. The summed E-state index contributed by atoms with van der Waals surface area (Å²) < 4.78 is 17.8. The first-order valence-corrected chi connectivity index (χ1v) is 6.68. The zero-order chi connectivity index (χ0) is 14.3. The van der Waals surface area contributed by atoms with Crippen LogP contribution in [0.15, 0.2) is 18.2 Å². The molecule has 7 heteroatoms. The number of carbonyl (C=O) groups is 2. The van der Waals surface area contributed by atoms with Gasteiger partial charge >= 0.3 is 5.97 Å². The second-order valence-electron chi connectivity index (χ2n) is 3.67. The van der Waals surface area contributed by atoms with E-state index < -0.39 is 5.82 Å². The molecular formula is C12H15FN2O3S. The van der Waals surface area contributed by atoms with Crippen molar-refractivity contribution < 1.29 is 18.7 Å². The lowest BCUT2D eigenvalue weighted by Crippen LogP contribution is -2.14. The van der Waals surface area contributed by atoms with E-state index in [1.807, 2.05) is 0 Å². The molecule has 0 unspecified atom stereocenters. The molecule has 0 radical (unpaired) electrons. The summed E-state index contributed by atoms with van der Waals surface area (Å²) in [6.07, 6.45) is 0.176. The van der Waals surface area contributed by atoms with E-state index in [2.05, 4.69) is 10.1 Å². The Bertz CT molecular complexity index is 468. The Morgan fingerprint density at radius 3 is 2.89 bits per heavy atom.